The normalized spacial score (nSPS) is 21.5. The van der Waals surface area contributed by atoms with Crippen LogP contribution in [0.1, 0.15) is 12.1 Å². The molecule has 3 rings (SSSR count). The Hall–Kier alpha value is -2.40. The van der Waals surface area contributed by atoms with Gasteiger partial charge in [0.05, 0.1) is 19.8 Å². The standard InChI is InChI=1S/C14H17N5O3/c15-9-12-13(17-3-2-16-12)22-11-1-4-19(10-11)14(20)18-5-7-21-8-6-18/h2-3,11H,1,4-8,10H2/t11-/m1/s1. The summed E-state index contributed by atoms with van der Waals surface area (Å²) in [5, 5.41) is 8.99. The number of morpholine rings is 1. The van der Waals surface area contributed by atoms with Gasteiger partial charge in [0, 0.05) is 38.4 Å². The lowest BCUT2D eigenvalue weighted by atomic mass is 10.3. The van der Waals surface area contributed by atoms with E-state index in [0.717, 1.165) is 6.42 Å². The van der Waals surface area contributed by atoms with Crippen molar-refractivity contribution in [1.82, 2.24) is 19.8 Å². The van der Waals surface area contributed by atoms with Crippen molar-refractivity contribution in [3.8, 4) is 11.9 Å². The Balaban J connectivity index is 1.58. The van der Waals surface area contributed by atoms with Crippen LogP contribution in [0, 0.1) is 11.3 Å². The molecule has 116 valence electrons. The molecule has 0 bridgehead atoms. The van der Waals surface area contributed by atoms with E-state index in [-0.39, 0.29) is 23.7 Å². The fraction of sp³-hybridized carbons (Fsp3) is 0.571. The molecule has 2 amide bonds. The van der Waals surface area contributed by atoms with Gasteiger partial charge in [-0.3, -0.25) is 0 Å². The number of carbonyl (C=O) groups excluding carboxylic acids is 1. The van der Waals surface area contributed by atoms with E-state index in [1.807, 2.05) is 6.07 Å². The van der Waals surface area contributed by atoms with Gasteiger partial charge < -0.3 is 19.3 Å². The number of rotatable bonds is 2. The van der Waals surface area contributed by atoms with Crippen LogP contribution in [0.15, 0.2) is 12.4 Å². The van der Waals surface area contributed by atoms with E-state index in [2.05, 4.69) is 9.97 Å². The first-order chi connectivity index (χ1) is 10.8. The molecule has 0 unspecified atom stereocenters. The number of urea groups is 1. The van der Waals surface area contributed by atoms with Crippen LogP contribution in [0.25, 0.3) is 0 Å². The Kier molecular flexibility index (Phi) is 4.34. The second kappa shape index (κ2) is 6.58. The molecule has 1 atom stereocenters. The lowest BCUT2D eigenvalue weighted by molar-refractivity contribution is 0.0443. The summed E-state index contributed by atoms with van der Waals surface area (Å²) in [7, 11) is 0. The van der Waals surface area contributed by atoms with Crippen molar-refractivity contribution in [3.05, 3.63) is 18.1 Å². The highest BCUT2D eigenvalue weighted by Crippen LogP contribution is 2.19. The van der Waals surface area contributed by atoms with Gasteiger partial charge in [-0.2, -0.15) is 5.26 Å². The van der Waals surface area contributed by atoms with Crippen LogP contribution in [0.2, 0.25) is 0 Å². The number of likely N-dealkylation sites (tertiary alicyclic amines) is 1. The van der Waals surface area contributed by atoms with Gasteiger partial charge in [0.1, 0.15) is 12.2 Å². The Bertz CT molecular complexity index is 582. The zero-order valence-corrected chi connectivity index (χ0v) is 12.1. The predicted molar refractivity (Wildman–Crippen MR) is 75.1 cm³/mol. The fourth-order valence-corrected chi connectivity index (χ4v) is 2.60. The highest BCUT2D eigenvalue weighted by Gasteiger charge is 2.31. The zero-order chi connectivity index (χ0) is 15.4. The van der Waals surface area contributed by atoms with Crippen molar-refractivity contribution >= 4 is 6.03 Å². The van der Waals surface area contributed by atoms with Crippen LogP contribution < -0.4 is 4.74 Å². The van der Waals surface area contributed by atoms with Gasteiger partial charge in [0.2, 0.25) is 5.69 Å². The van der Waals surface area contributed by atoms with Crippen molar-refractivity contribution in [1.29, 1.82) is 5.26 Å². The third-order valence-corrected chi connectivity index (χ3v) is 3.75. The summed E-state index contributed by atoms with van der Waals surface area (Å²) >= 11 is 0. The van der Waals surface area contributed by atoms with Crippen LogP contribution >= 0.6 is 0 Å². The number of amides is 2. The number of nitriles is 1. The molecular formula is C14H17N5O3. The lowest BCUT2D eigenvalue weighted by Gasteiger charge is -2.30. The first-order valence-corrected chi connectivity index (χ1v) is 7.27. The summed E-state index contributed by atoms with van der Waals surface area (Å²) in [5.41, 5.74) is 0.167. The average Bonchev–Trinajstić information content (AvgIpc) is 3.04. The van der Waals surface area contributed by atoms with E-state index < -0.39 is 0 Å². The second-order valence-corrected chi connectivity index (χ2v) is 5.18. The van der Waals surface area contributed by atoms with Gasteiger partial charge in [-0.1, -0.05) is 0 Å². The average molecular weight is 303 g/mol. The van der Waals surface area contributed by atoms with E-state index in [1.54, 1.807) is 9.80 Å². The van der Waals surface area contributed by atoms with Gasteiger partial charge in [0.15, 0.2) is 0 Å². The molecule has 2 aliphatic heterocycles. The molecule has 2 fully saturated rings. The molecule has 1 aromatic heterocycles. The van der Waals surface area contributed by atoms with E-state index in [9.17, 15) is 4.79 Å². The molecule has 3 heterocycles. The summed E-state index contributed by atoms with van der Waals surface area (Å²) in [5.74, 6) is 0.232. The van der Waals surface area contributed by atoms with Gasteiger partial charge in [-0.05, 0) is 0 Å². The number of ether oxygens (including phenoxy) is 2. The Morgan fingerprint density at radius 1 is 1.27 bits per heavy atom. The lowest BCUT2D eigenvalue weighted by Crippen LogP contribution is -2.47. The number of nitrogens with zero attached hydrogens (tertiary/aromatic N) is 5. The fourth-order valence-electron chi connectivity index (χ4n) is 2.60. The summed E-state index contributed by atoms with van der Waals surface area (Å²) in [4.78, 5) is 23.9. The van der Waals surface area contributed by atoms with Crippen molar-refractivity contribution in [2.75, 3.05) is 39.4 Å². The maximum atomic E-state index is 12.4. The quantitative estimate of drug-likeness (QED) is 0.778. The molecule has 8 heteroatoms. The van der Waals surface area contributed by atoms with Crippen molar-refractivity contribution in [3.63, 3.8) is 0 Å². The highest BCUT2D eigenvalue weighted by molar-refractivity contribution is 5.75. The minimum atomic E-state index is -0.159. The molecule has 8 nitrogen and oxygen atoms in total. The summed E-state index contributed by atoms with van der Waals surface area (Å²) in [6.45, 7) is 3.57. The molecule has 2 saturated heterocycles. The zero-order valence-electron chi connectivity index (χ0n) is 12.1. The van der Waals surface area contributed by atoms with Crippen LogP contribution in [-0.2, 0) is 4.74 Å². The van der Waals surface area contributed by atoms with Crippen molar-refractivity contribution in [2.45, 2.75) is 12.5 Å². The second-order valence-electron chi connectivity index (χ2n) is 5.18. The van der Waals surface area contributed by atoms with Gasteiger partial charge >= 0.3 is 6.03 Å². The molecular weight excluding hydrogens is 286 g/mol. The maximum absolute atomic E-state index is 12.4. The van der Waals surface area contributed by atoms with Gasteiger partial charge in [0.25, 0.3) is 5.88 Å². The molecule has 0 saturated carbocycles. The van der Waals surface area contributed by atoms with Crippen LogP contribution in [0.3, 0.4) is 0 Å². The van der Waals surface area contributed by atoms with Gasteiger partial charge in [-0.15, -0.1) is 0 Å². The first-order valence-electron chi connectivity index (χ1n) is 7.27. The van der Waals surface area contributed by atoms with E-state index >= 15 is 0 Å². The largest absolute Gasteiger partial charge is 0.470 e. The topological polar surface area (TPSA) is 91.6 Å². The van der Waals surface area contributed by atoms with E-state index in [1.165, 1.54) is 12.4 Å². The minimum Gasteiger partial charge on any atom is -0.470 e. The third kappa shape index (κ3) is 3.09. The number of carbonyl (C=O) groups is 1. The summed E-state index contributed by atoms with van der Waals surface area (Å²) in [6.07, 6.45) is 3.50. The molecule has 0 spiro atoms. The smallest absolute Gasteiger partial charge is 0.320 e. The minimum absolute atomic E-state index is 0.0223. The first kappa shape index (κ1) is 14.5. The molecule has 22 heavy (non-hydrogen) atoms. The molecule has 0 aliphatic carbocycles. The van der Waals surface area contributed by atoms with Crippen LogP contribution in [0.5, 0.6) is 5.88 Å². The van der Waals surface area contributed by atoms with Crippen molar-refractivity contribution in [2.24, 2.45) is 0 Å². The molecule has 2 aliphatic rings. The van der Waals surface area contributed by atoms with Gasteiger partial charge in [-0.25, -0.2) is 14.8 Å². The predicted octanol–water partition coefficient (Wildman–Crippen LogP) is 0.254. The SMILES string of the molecule is N#Cc1nccnc1O[C@@H]1CCN(C(=O)N2CCOCC2)C1. The van der Waals surface area contributed by atoms with Crippen LogP contribution in [0.4, 0.5) is 4.79 Å². The molecule has 0 N–H and O–H groups in total. The third-order valence-electron chi connectivity index (χ3n) is 3.75. The number of hydrogen-bond acceptors (Lipinski definition) is 6. The Labute approximate surface area is 128 Å². The molecule has 1 aromatic rings. The Morgan fingerprint density at radius 3 is 2.82 bits per heavy atom. The molecule has 0 aromatic carbocycles. The highest BCUT2D eigenvalue weighted by atomic mass is 16.5. The maximum Gasteiger partial charge on any atom is 0.320 e. The van der Waals surface area contributed by atoms with E-state index in [0.29, 0.717) is 39.4 Å². The van der Waals surface area contributed by atoms with Crippen LogP contribution in [-0.4, -0.2) is 71.3 Å². The monoisotopic (exact) mass is 303 g/mol. The number of hydrogen-bond donors (Lipinski definition) is 0. The number of aromatic nitrogens is 2. The Morgan fingerprint density at radius 2 is 2.05 bits per heavy atom. The molecule has 0 radical (unpaired) electrons. The summed E-state index contributed by atoms with van der Waals surface area (Å²) < 4.78 is 11.0. The summed E-state index contributed by atoms with van der Waals surface area (Å²) in [6, 6.07) is 1.98. The van der Waals surface area contributed by atoms with Crippen molar-refractivity contribution < 1.29 is 14.3 Å². The van der Waals surface area contributed by atoms with E-state index in [4.69, 9.17) is 14.7 Å².